The molecule has 1 atom stereocenters. The Morgan fingerprint density at radius 2 is 1.19 bits per heavy atom. The van der Waals surface area contributed by atoms with Gasteiger partial charge in [-0.25, -0.2) is 8.78 Å². The number of hydrogen-bond acceptors (Lipinski definition) is 2. The lowest BCUT2D eigenvalue weighted by molar-refractivity contribution is -0.387. The number of alkyl halides is 8. The minimum absolute atomic E-state index is 2.56. The zero-order valence-electron chi connectivity index (χ0n) is 7.33. The van der Waals surface area contributed by atoms with Crippen molar-refractivity contribution in [3.8, 4) is 0 Å². The van der Waals surface area contributed by atoms with Crippen LogP contribution in [0.4, 0.5) is 35.1 Å². The van der Waals surface area contributed by atoms with Crippen LogP contribution in [0.3, 0.4) is 0 Å². The lowest BCUT2D eigenvalue weighted by atomic mass is 9.99. The predicted octanol–water partition coefficient (Wildman–Crippen LogP) is 1.51. The Labute approximate surface area is 83.5 Å². The molecule has 0 saturated carbocycles. The van der Waals surface area contributed by atoms with Crippen molar-refractivity contribution in [1.82, 2.24) is 0 Å². The minimum atomic E-state index is -6.50. The second-order valence-electron chi connectivity index (χ2n) is 2.90. The Morgan fingerprint density at radius 3 is 1.44 bits per heavy atom. The molecule has 0 bridgehead atoms. The van der Waals surface area contributed by atoms with Gasteiger partial charge in [0.2, 0.25) is 0 Å². The van der Waals surface area contributed by atoms with E-state index < -0.39 is 36.9 Å². The van der Waals surface area contributed by atoms with Crippen LogP contribution in [0.5, 0.6) is 0 Å². The quantitative estimate of drug-likeness (QED) is 0.737. The van der Waals surface area contributed by atoms with Crippen molar-refractivity contribution in [2.45, 2.75) is 23.6 Å². The number of halogens is 8. The van der Waals surface area contributed by atoms with Crippen molar-refractivity contribution in [1.29, 1.82) is 0 Å². The van der Waals surface area contributed by atoms with Crippen LogP contribution in [-0.4, -0.2) is 47.1 Å². The van der Waals surface area contributed by atoms with Gasteiger partial charge in [-0.3, -0.25) is 0 Å². The lowest BCUT2D eigenvalue weighted by Crippen LogP contribution is -2.65. The first kappa shape index (κ1) is 15.4. The summed E-state index contributed by atoms with van der Waals surface area (Å²) in [6.45, 7) is -5.74. The van der Waals surface area contributed by atoms with Gasteiger partial charge in [0, 0.05) is 0 Å². The first-order chi connectivity index (χ1) is 6.87. The molecule has 0 aromatic rings. The monoisotopic (exact) mass is 262 g/mol. The van der Waals surface area contributed by atoms with E-state index in [1.165, 1.54) is 0 Å². The zero-order chi connectivity index (χ0) is 13.4. The van der Waals surface area contributed by atoms with Gasteiger partial charge in [0.05, 0.1) is 0 Å². The van der Waals surface area contributed by atoms with E-state index in [1.54, 1.807) is 0 Å². The van der Waals surface area contributed by atoms with Crippen molar-refractivity contribution < 1.29 is 45.3 Å². The summed E-state index contributed by atoms with van der Waals surface area (Å²) in [5.41, 5.74) is 0. The summed E-state index contributed by atoms with van der Waals surface area (Å²) in [6.07, 6.45) is 0. The molecular formula is C6H6F8O2. The fourth-order valence-corrected chi connectivity index (χ4v) is 0.653. The van der Waals surface area contributed by atoms with Crippen molar-refractivity contribution in [3.05, 3.63) is 0 Å². The third-order valence-electron chi connectivity index (χ3n) is 1.71. The molecule has 0 aliphatic carbocycles. The van der Waals surface area contributed by atoms with E-state index in [4.69, 9.17) is 10.2 Å². The average molecular weight is 262 g/mol. The molecule has 0 amide bonds. The predicted molar refractivity (Wildman–Crippen MR) is 34.0 cm³/mol. The van der Waals surface area contributed by atoms with E-state index in [0.29, 0.717) is 0 Å². The molecule has 0 saturated heterocycles. The summed E-state index contributed by atoms with van der Waals surface area (Å²) >= 11 is 0. The maximum Gasteiger partial charge on any atom is 0.380 e. The highest BCUT2D eigenvalue weighted by molar-refractivity contribution is 5.03. The summed E-state index contributed by atoms with van der Waals surface area (Å²) < 4.78 is 97.9. The number of aliphatic hydroxyl groups is 2. The molecule has 98 valence electrons. The smallest absolute Gasteiger partial charge is 0.380 e. The Hall–Kier alpha value is -0.640. The van der Waals surface area contributed by atoms with E-state index in [0.717, 1.165) is 0 Å². The van der Waals surface area contributed by atoms with E-state index >= 15 is 0 Å². The van der Waals surface area contributed by atoms with Gasteiger partial charge in [-0.05, 0) is 0 Å². The molecule has 0 aliphatic heterocycles. The molecule has 16 heavy (non-hydrogen) atoms. The summed E-state index contributed by atoms with van der Waals surface area (Å²) in [7, 11) is 0. The Kier molecular flexibility index (Phi) is 3.83. The van der Waals surface area contributed by atoms with Gasteiger partial charge in [0.25, 0.3) is 0 Å². The molecular weight excluding hydrogens is 256 g/mol. The van der Waals surface area contributed by atoms with Crippen LogP contribution in [0.2, 0.25) is 0 Å². The largest absolute Gasteiger partial charge is 0.390 e. The van der Waals surface area contributed by atoms with Crippen LogP contribution in [0, 0.1) is 0 Å². The van der Waals surface area contributed by atoms with Crippen LogP contribution in [0.15, 0.2) is 0 Å². The van der Waals surface area contributed by atoms with E-state index in [9.17, 15) is 35.1 Å². The molecule has 0 heterocycles. The summed E-state index contributed by atoms with van der Waals surface area (Å²) in [4.78, 5) is 0. The van der Waals surface area contributed by atoms with Crippen molar-refractivity contribution in [3.63, 3.8) is 0 Å². The molecule has 0 spiro atoms. The maximum atomic E-state index is 12.5. The van der Waals surface area contributed by atoms with Gasteiger partial charge >= 0.3 is 23.6 Å². The van der Waals surface area contributed by atoms with Crippen LogP contribution in [0.25, 0.3) is 0 Å². The standard InChI is InChI=1S/C6H6F8O2/c7-1-3(8,9)5(11,12)6(13,14)4(10,16)2-15/h15-16H,1-2H2. The molecule has 0 fully saturated rings. The molecule has 1 unspecified atom stereocenters. The number of hydrogen-bond donors (Lipinski definition) is 2. The molecule has 2 nitrogen and oxygen atoms in total. The zero-order valence-corrected chi connectivity index (χ0v) is 7.33. The summed E-state index contributed by atoms with van der Waals surface area (Å²) in [6, 6.07) is 0. The van der Waals surface area contributed by atoms with Gasteiger partial charge in [-0.2, -0.15) is 26.3 Å². The van der Waals surface area contributed by atoms with Gasteiger partial charge < -0.3 is 10.2 Å². The fraction of sp³-hybridized carbons (Fsp3) is 1.00. The third kappa shape index (κ3) is 1.95. The van der Waals surface area contributed by atoms with Gasteiger partial charge in [0.15, 0.2) is 6.67 Å². The highest BCUT2D eigenvalue weighted by atomic mass is 19.4. The fourth-order valence-electron chi connectivity index (χ4n) is 0.653. The van der Waals surface area contributed by atoms with Crippen molar-refractivity contribution in [2.75, 3.05) is 13.3 Å². The van der Waals surface area contributed by atoms with Crippen molar-refractivity contribution in [2.24, 2.45) is 0 Å². The van der Waals surface area contributed by atoms with Gasteiger partial charge in [-0.15, -0.1) is 0 Å². The molecule has 0 aliphatic rings. The molecule has 10 heteroatoms. The van der Waals surface area contributed by atoms with Crippen LogP contribution >= 0.6 is 0 Å². The van der Waals surface area contributed by atoms with Crippen molar-refractivity contribution >= 4 is 0 Å². The van der Waals surface area contributed by atoms with E-state index in [1.807, 2.05) is 0 Å². The molecule has 0 radical (unpaired) electrons. The maximum absolute atomic E-state index is 12.5. The highest BCUT2D eigenvalue weighted by Gasteiger charge is 2.79. The topological polar surface area (TPSA) is 40.5 Å². The SMILES string of the molecule is OCC(O)(F)C(F)(F)C(F)(F)C(F)(F)CF. The molecule has 0 rings (SSSR count). The molecule has 0 aromatic carbocycles. The molecule has 0 aromatic heterocycles. The number of aliphatic hydroxyl groups excluding tert-OH is 1. The second-order valence-corrected chi connectivity index (χ2v) is 2.90. The van der Waals surface area contributed by atoms with Gasteiger partial charge in [0.1, 0.15) is 6.61 Å². The molecule has 2 N–H and O–H groups in total. The van der Waals surface area contributed by atoms with Crippen LogP contribution in [0.1, 0.15) is 0 Å². The first-order valence-corrected chi connectivity index (χ1v) is 3.59. The van der Waals surface area contributed by atoms with Crippen LogP contribution in [-0.2, 0) is 0 Å². The first-order valence-electron chi connectivity index (χ1n) is 3.59. The van der Waals surface area contributed by atoms with E-state index in [2.05, 4.69) is 0 Å². The summed E-state index contributed by atoms with van der Waals surface area (Å²) in [5.74, 6) is -24.0. The number of rotatable bonds is 5. The van der Waals surface area contributed by atoms with Gasteiger partial charge in [-0.1, -0.05) is 0 Å². The minimum Gasteiger partial charge on any atom is -0.390 e. The summed E-state index contributed by atoms with van der Waals surface area (Å²) in [5, 5.41) is 15.9. The third-order valence-corrected chi connectivity index (χ3v) is 1.71. The Balaban J connectivity index is 5.46. The Morgan fingerprint density at radius 1 is 0.812 bits per heavy atom. The Bertz CT molecular complexity index is 225. The lowest BCUT2D eigenvalue weighted by Gasteiger charge is -2.36. The second kappa shape index (κ2) is 3.99. The van der Waals surface area contributed by atoms with E-state index in [-0.39, 0.29) is 0 Å². The average Bonchev–Trinajstić information content (AvgIpc) is 2.16. The normalized spacial score (nSPS) is 18.4. The van der Waals surface area contributed by atoms with Crippen LogP contribution < -0.4 is 0 Å². The highest BCUT2D eigenvalue weighted by Crippen LogP contribution is 2.51.